The predicted octanol–water partition coefficient (Wildman–Crippen LogP) is 2.42. The Morgan fingerprint density at radius 2 is 1.12 bits per heavy atom. The second kappa shape index (κ2) is 8.21. The molecule has 0 unspecified atom stereocenters. The van der Waals surface area contributed by atoms with Crippen LogP contribution in [0.25, 0.3) is 0 Å². The molecule has 0 amide bonds. The van der Waals surface area contributed by atoms with Crippen LogP contribution in [0.2, 0.25) is 0 Å². The van der Waals surface area contributed by atoms with E-state index in [-0.39, 0.29) is 27.3 Å². The molecule has 3 aromatic carbocycles. The van der Waals surface area contributed by atoms with Crippen molar-refractivity contribution in [3.63, 3.8) is 0 Å². The van der Waals surface area contributed by atoms with Crippen LogP contribution < -0.4 is 15.9 Å². The molecule has 0 atom stereocenters. The molecule has 6 heteroatoms. The number of hydrogen-bond acceptors (Lipinski definition) is 2. The van der Waals surface area contributed by atoms with Gasteiger partial charge in [-0.3, -0.25) is 4.55 Å². The van der Waals surface area contributed by atoms with E-state index in [1.54, 1.807) is 12.1 Å². The Balaban J connectivity index is 0.00000208. The molecule has 0 saturated carbocycles. The van der Waals surface area contributed by atoms with Crippen LogP contribution in [0.1, 0.15) is 0 Å². The molecule has 3 rings (SSSR count). The van der Waals surface area contributed by atoms with E-state index in [9.17, 15) is 13.0 Å². The molecule has 3 aromatic rings. The normalized spacial score (nSPS) is 11.1. The monoisotopic (exact) mass is 540 g/mol. The Kier molecular flexibility index (Phi) is 6.53. The zero-order valence-corrected chi connectivity index (χ0v) is 16.5. The minimum Gasteiger partial charge on any atom is -0.282 e. The molecule has 0 aliphatic heterocycles. The Labute approximate surface area is 158 Å². The molecule has 3 nitrogen and oxygen atoms in total. The van der Waals surface area contributed by atoms with Crippen molar-refractivity contribution in [1.29, 1.82) is 0 Å². The summed E-state index contributed by atoms with van der Waals surface area (Å²) in [7, 11) is -5.54. The van der Waals surface area contributed by atoms with Gasteiger partial charge < -0.3 is 0 Å². The molecule has 0 spiro atoms. The fourth-order valence-electron chi connectivity index (χ4n) is 2.52. The van der Waals surface area contributed by atoms with Gasteiger partial charge in [-0.05, 0) is 36.4 Å². The first-order valence-electron chi connectivity index (χ1n) is 7.11. The van der Waals surface area contributed by atoms with E-state index in [0.717, 1.165) is 15.9 Å². The van der Waals surface area contributed by atoms with E-state index in [0.29, 0.717) is 0 Å². The minimum atomic E-state index is -4.21. The van der Waals surface area contributed by atoms with E-state index < -0.39 is 18.0 Å². The third-order valence-electron chi connectivity index (χ3n) is 3.55. The summed E-state index contributed by atoms with van der Waals surface area (Å²) in [5, 5.41) is 3.25. The fraction of sp³-hybridized carbons (Fsp3) is 0. The molecule has 0 bridgehead atoms. The van der Waals surface area contributed by atoms with Gasteiger partial charge in [0, 0.05) is 28.4 Å². The zero-order valence-electron chi connectivity index (χ0n) is 12.6. The predicted molar refractivity (Wildman–Crippen MR) is 96.4 cm³/mol. The second-order valence-corrected chi connectivity index (χ2v) is 9.01. The Bertz CT molecular complexity index is 860. The van der Waals surface area contributed by atoms with E-state index in [2.05, 4.69) is 24.3 Å². The maximum absolute atomic E-state index is 11.4. The molecule has 127 valence electrons. The van der Waals surface area contributed by atoms with Crippen molar-refractivity contribution >= 4 is 34.0 Å². The molecule has 0 aliphatic rings. The van der Waals surface area contributed by atoms with Gasteiger partial charge in [0.25, 0.3) is 10.1 Å². The van der Waals surface area contributed by atoms with E-state index in [1.807, 2.05) is 42.5 Å². The van der Waals surface area contributed by atoms with Gasteiger partial charge in [0.1, 0.15) is 15.9 Å². The van der Waals surface area contributed by atoms with Crippen LogP contribution in [0.15, 0.2) is 89.8 Å². The summed E-state index contributed by atoms with van der Waals surface area (Å²) in [6.07, 6.45) is 0. The van der Waals surface area contributed by atoms with Gasteiger partial charge in [-0.1, -0.05) is 42.5 Å². The standard InChI is InChI=1S/C18H15O3PS.Au/c19-23(20,21)18-13-7-12-17(14-18)22(15-8-3-1-4-9-15)16-10-5-2-6-11-16;/h1-14H,(H,19,20,21);/p+1. The summed E-state index contributed by atoms with van der Waals surface area (Å²) in [5.74, 6) is 0. The average molecular weight is 540 g/mol. The van der Waals surface area contributed by atoms with Crippen LogP contribution in [-0.4, -0.2) is 13.0 Å². The summed E-state index contributed by atoms with van der Waals surface area (Å²) < 4.78 is 32.2. The second-order valence-electron chi connectivity index (χ2n) is 5.11. The topological polar surface area (TPSA) is 54.4 Å². The first-order valence-corrected chi connectivity index (χ1v) is 10.1. The first-order chi connectivity index (χ1) is 11.1. The number of rotatable bonds is 4. The Morgan fingerprint density at radius 1 is 0.667 bits per heavy atom. The third kappa shape index (κ3) is 4.42. The van der Waals surface area contributed by atoms with Crippen molar-refractivity contribution in [2.45, 2.75) is 4.90 Å². The Hall–Kier alpha value is -1.26. The SMILES string of the molecule is O=S(=O)(O)c1cccc([PH+](c2ccccc2)c2ccccc2)c1.[Au]. The van der Waals surface area contributed by atoms with Gasteiger partial charge in [0.2, 0.25) is 0 Å². The quantitative estimate of drug-likeness (QED) is 0.315. The van der Waals surface area contributed by atoms with Crippen molar-refractivity contribution in [3.05, 3.63) is 84.9 Å². The van der Waals surface area contributed by atoms with Crippen LogP contribution in [0.5, 0.6) is 0 Å². The molecule has 0 aliphatic carbocycles. The van der Waals surface area contributed by atoms with Gasteiger partial charge in [0.15, 0.2) is 0 Å². The summed E-state index contributed by atoms with van der Waals surface area (Å²) in [4.78, 5) is -0.0654. The van der Waals surface area contributed by atoms with Crippen LogP contribution in [0, 0.1) is 0 Å². The smallest absolute Gasteiger partial charge is 0.282 e. The molecule has 0 heterocycles. The van der Waals surface area contributed by atoms with Crippen LogP contribution in [-0.2, 0) is 32.5 Å². The van der Waals surface area contributed by atoms with Crippen molar-refractivity contribution in [3.8, 4) is 0 Å². The molecule has 0 aromatic heterocycles. The molecular weight excluding hydrogens is 524 g/mol. The molecule has 24 heavy (non-hydrogen) atoms. The summed E-state index contributed by atoms with van der Waals surface area (Å²) in [6, 6.07) is 26.7. The van der Waals surface area contributed by atoms with Gasteiger partial charge in [-0.25, -0.2) is 0 Å². The zero-order chi connectivity index (χ0) is 16.3. The largest absolute Gasteiger partial charge is 0.294 e. The molecule has 1 radical (unpaired) electrons. The van der Waals surface area contributed by atoms with Crippen molar-refractivity contribution in [2.24, 2.45) is 0 Å². The molecule has 0 fully saturated rings. The first kappa shape index (κ1) is 19.1. The van der Waals surface area contributed by atoms with Crippen LogP contribution >= 0.6 is 7.92 Å². The summed E-state index contributed by atoms with van der Waals surface area (Å²) >= 11 is 0. The van der Waals surface area contributed by atoms with Gasteiger partial charge >= 0.3 is 0 Å². The molecule has 0 saturated heterocycles. The minimum absolute atomic E-state index is 0. The molecule has 1 N–H and O–H groups in total. The maximum atomic E-state index is 11.4. The van der Waals surface area contributed by atoms with Crippen molar-refractivity contribution < 1.29 is 35.4 Å². The summed E-state index contributed by atoms with van der Waals surface area (Å²) in [6.45, 7) is 0. The maximum Gasteiger partial charge on any atom is 0.294 e. The Morgan fingerprint density at radius 3 is 1.58 bits per heavy atom. The third-order valence-corrected chi connectivity index (χ3v) is 7.10. The van der Waals surface area contributed by atoms with Gasteiger partial charge in [0.05, 0.1) is 12.8 Å². The number of hydrogen-bond donors (Lipinski definition) is 1. The van der Waals surface area contributed by atoms with E-state index in [1.165, 1.54) is 6.07 Å². The fourth-order valence-corrected chi connectivity index (χ4v) is 5.77. The van der Waals surface area contributed by atoms with E-state index in [4.69, 9.17) is 0 Å². The van der Waals surface area contributed by atoms with Crippen LogP contribution in [0.4, 0.5) is 0 Å². The summed E-state index contributed by atoms with van der Waals surface area (Å²) in [5.41, 5.74) is 0. The van der Waals surface area contributed by atoms with Crippen molar-refractivity contribution in [1.82, 2.24) is 0 Å². The van der Waals surface area contributed by atoms with Gasteiger partial charge in [-0.15, -0.1) is 0 Å². The van der Waals surface area contributed by atoms with Gasteiger partial charge in [-0.2, -0.15) is 8.42 Å². The molecular formula is C18H16AuO3PS+. The number of benzene rings is 3. The average Bonchev–Trinajstić information content (AvgIpc) is 2.57. The van der Waals surface area contributed by atoms with Crippen LogP contribution in [0.3, 0.4) is 0 Å². The van der Waals surface area contributed by atoms with E-state index >= 15 is 0 Å². The van der Waals surface area contributed by atoms with Crippen molar-refractivity contribution in [2.75, 3.05) is 0 Å².